The molecule has 8 unspecified atom stereocenters. The lowest BCUT2D eigenvalue weighted by atomic mass is 9.94. The number of hydrogen-bond donors (Lipinski definition) is 16. The minimum Gasteiger partial charge on any atom is -0.394 e. The monoisotopic (exact) mass is 680 g/mol. The molecule has 0 amide bonds. The Hall–Kier alpha value is -0.880. The van der Waals surface area contributed by atoms with Gasteiger partial charge in [-0.25, -0.2) is 0 Å². The molecule has 0 aromatic rings. The Balaban J connectivity index is 0.000000402. The molecule has 0 aromatic heterocycles. The van der Waals surface area contributed by atoms with Crippen molar-refractivity contribution < 1.29 is 89.7 Å². The topological polar surface area (TPSA) is 402 Å². The lowest BCUT2D eigenvalue weighted by molar-refractivity contribution is -0.348. The van der Waals surface area contributed by atoms with Crippen molar-refractivity contribution in [3.8, 4) is 0 Å². The van der Waals surface area contributed by atoms with Gasteiger partial charge in [-0.1, -0.05) is 0 Å². The highest BCUT2D eigenvalue weighted by Gasteiger charge is 2.52. The maximum Gasteiger partial charge on any atom is 0.176 e. The van der Waals surface area contributed by atoms with Crippen LogP contribution in [0.15, 0.2) is 0 Å². The quantitative estimate of drug-likeness (QED) is 0.113. The zero-order valence-corrected chi connectivity index (χ0v) is 24.5. The summed E-state index contributed by atoms with van der Waals surface area (Å²) in [6, 6.07) is -4.91. The molecule has 4 heterocycles. The highest BCUT2D eigenvalue weighted by Crippen LogP contribution is 2.31. The van der Waals surface area contributed by atoms with E-state index in [0.29, 0.717) is 0 Å². The van der Waals surface area contributed by atoms with Gasteiger partial charge in [0.1, 0.15) is 73.2 Å². The summed E-state index contributed by atoms with van der Waals surface area (Å²) in [4.78, 5) is 0. The Morgan fingerprint density at radius 2 is 0.696 bits per heavy atom. The van der Waals surface area contributed by atoms with Gasteiger partial charge >= 0.3 is 0 Å². The Morgan fingerprint density at radius 3 is 1.15 bits per heavy atom. The van der Waals surface area contributed by atoms with E-state index in [0.717, 1.165) is 0 Å². The summed E-state index contributed by atoms with van der Waals surface area (Å²) >= 11 is 0. The number of ether oxygens (including phenoxy) is 6. The van der Waals surface area contributed by atoms with Crippen molar-refractivity contribution in [2.24, 2.45) is 22.9 Å². The number of aliphatic hydroxyl groups excluding tert-OH is 12. The van der Waals surface area contributed by atoms with Crippen molar-refractivity contribution in [1.82, 2.24) is 0 Å². The van der Waals surface area contributed by atoms with Gasteiger partial charge in [0, 0.05) is 0 Å². The second-order valence-electron chi connectivity index (χ2n) is 11.4. The van der Waals surface area contributed by atoms with Gasteiger partial charge < -0.3 is 113 Å². The van der Waals surface area contributed by atoms with E-state index in [1.54, 1.807) is 0 Å². The molecule has 4 aliphatic rings. The largest absolute Gasteiger partial charge is 0.394 e. The van der Waals surface area contributed by atoms with Crippen molar-refractivity contribution in [3.63, 3.8) is 0 Å². The summed E-state index contributed by atoms with van der Waals surface area (Å²) in [6.07, 6.45) is -21.6. The van der Waals surface area contributed by atoms with E-state index in [-0.39, 0.29) is 0 Å². The van der Waals surface area contributed by atoms with Gasteiger partial charge in [0.15, 0.2) is 25.2 Å². The summed E-state index contributed by atoms with van der Waals surface area (Å²) in [6.45, 7) is -2.47. The number of nitrogens with two attached hydrogens (primary N) is 4. The first-order valence-corrected chi connectivity index (χ1v) is 14.5. The van der Waals surface area contributed by atoms with Gasteiger partial charge in [0.05, 0.1) is 50.6 Å². The maximum atomic E-state index is 10.8. The minimum atomic E-state index is -1.56. The van der Waals surface area contributed by atoms with E-state index < -0.39 is 149 Å². The molecule has 20 N–H and O–H groups in total. The SMILES string of the molecule is N[C@H]1C(O)[C@H](O)C(CO)O[C@@H]1O.N[C@H]1C(O)[C@H](O)C(CO)O[C@H]1O[C@@H]1C(CO)O[C@@H](O[C@@H]2C(CO)O[C@@H](O)[C@@H](N)C2O)[C@@H](N)C1O. The predicted octanol–water partition coefficient (Wildman–Crippen LogP) is -10.9. The molecule has 4 saturated heterocycles. The van der Waals surface area contributed by atoms with Crippen molar-refractivity contribution in [2.75, 3.05) is 26.4 Å². The first kappa shape index (κ1) is 39.6. The molecule has 4 rings (SSSR count). The average Bonchev–Trinajstić information content (AvgIpc) is 3.05. The van der Waals surface area contributed by atoms with Gasteiger partial charge in [-0.3, -0.25) is 0 Å². The van der Waals surface area contributed by atoms with E-state index in [1.165, 1.54) is 0 Å². The van der Waals surface area contributed by atoms with Crippen molar-refractivity contribution in [1.29, 1.82) is 0 Å². The molecule has 0 aliphatic carbocycles. The fraction of sp³-hybridized carbons (Fsp3) is 1.00. The zero-order chi connectivity index (χ0) is 34.6. The minimum absolute atomic E-state index is 0.470. The third-order valence-corrected chi connectivity index (χ3v) is 8.28. The standard InChI is InChI=1S/C18H35N3O13.C6H13NO5/c19-7-12(27)14(5(2-23)30-16(7)29)33-18-9(21)13(28)15(6(3-24)32-18)34-17-8(20)11(26)10(25)4(1-22)31-17;7-3-5(10)4(9)2(1-8)12-6(3)11/h4-18,22-29H,1-3,19-21H2;2-6,8-11H,1,7H2/t4?,5?,6?,7-,8-,9-,10+,11?,12?,13?,14+,15+,16+,17-,18-;2?,3-,4+,5?,6-/m00/s1. The van der Waals surface area contributed by atoms with E-state index in [2.05, 4.69) is 0 Å². The smallest absolute Gasteiger partial charge is 0.176 e. The van der Waals surface area contributed by atoms with Crippen LogP contribution in [-0.2, 0) is 28.4 Å². The summed E-state index contributed by atoms with van der Waals surface area (Å²) in [7, 11) is 0. The van der Waals surface area contributed by atoms with Crippen LogP contribution in [0.4, 0.5) is 0 Å². The van der Waals surface area contributed by atoms with E-state index >= 15 is 0 Å². The molecular weight excluding hydrogens is 632 g/mol. The highest BCUT2D eigenvalue weighted by molar-refractivity contribution is 4.98. The van der Waals surface area contributed by atoms with Gasteiger partial charge in [0.2, 0.25) is 0 Å². The molecule has 272 valence electrons. The maximum absolute atomic E-state index is 10.8. The number of hydrogen-bond acceptors (Lipinski definition) is 22. The molecule has 0 aromatic carbocycles. The lowest BCUT2D eigenvalue weighted by Gasteiger charge is -2.48. The molecule has 22 heteroatoms. The molecule has 0 spiro atoms. The van der Waals surface area contributed by atoms with E-state index in [9.17, 15) is 51.1 Å². The summed E-state index contributed by atoms with van der Waals surface area (Å²) in [5.74, 6) is 0. The predicted molar refractivity (Wildman–Crippen MR) is 145 cm³/mol. The van der Waals surface area contributed by atoms with Crippen LogP contribution in [0.3, 0.4) is 0 Å². The lowest BCUT2D eigenvalue weighted by Crippen LogP contribution is -2.69. The van der Waals surface area contributed by atoms with E-state index in [1.807, 2.05) is 0 Å². The Morgan fingerprint density at radius 1 is 0.391 bits per heavy atom. The summed E-state index contributed by atoms with van der Waals surface area (Å²) in [5.41, 5.74) is 22.9. The average molecular weight is 681 g/mol. The van der Waals surface area contributed by atoms with Gasteiger partial charge in [-0.2, -0.15) is 0 Å². The molecule has 0 saturated carbocycles. The van der Waals surface area contributed by atoms with Crippen LogP contribution in [0.5, 0.6) is 0 Å². The van der Waals surface area contributed by atoms with Gasteiger partial charge in [-0.05, 0) is 0 Å². The molecule has 4 fully saturated rings. The molecule has 46 heavy (non-hydrogen) atoms. The van der Waals surface area contributed by atoms with Crippen LogP contribution in [0, 0.1) is 0 Å². The van der Waals surface area contributed by atoms with Crippen LogP contribution in [0.1, 0.15) is 0 Å². The number of aliphatic hydroxyl groups is 12. The second kappa shape index (κ2) is 17.2. The van der Waals surface area contributed by atoms with E-state index in [4.69, 9.17) is 61.6 Å². The van der Waals surface area contributed by atoms with Crippen LogP contribution >= 0.6 is 0 Å². The zero-order valence-electron chi connectivity index (χ0n) is 24.5. The third-order valence-electron chi connectivity index (χ3n) is 8.28. The summed E-state index contributed by atoms with van der Waals surface area (Å²) in [5, 5.41) is 116. The van der Waals surface area contributed by atoms with Crippen LogP contribution < -0.4 is 22.9 Å². The number of rotatable bonds is 8. The van der Waals surface area contributed by atoms with Crippen LogP contribution in [0.2, 0.25) is 0 Å². The highest BCUT2D eigenvalue weighted by atomic mass is 16.7. The van der Waals surface area contributed by atoms with Crippen LogP contribution in [-0.4, -0.2) is 210 Å². The van der Waals surface area contributed by atoms with Crippen LogP contribution in [0.25, 0.3) is 0 Å². The van der Waals surface area contributed by atoms with Crippen molar-refractivity contribution in [2.45, 2.75) is 123 Å². The molecule has 22 nitrogen and oxygen atoms in total. The Bertz CT molecular complexity index is 908. The van der Waals surface area contributed by atoms with Crippen molar-refractivity contribution in [3.05, 3.63) is 0 Å². The normalized spacial score (nSPS) is 51.7. The molecule has 4 aliphatic heterocycles. The molecule has 20 atom stereocenters. The Labute approximate surface area is 262 Å². The first-order chi connectivity index (χ1) is 21.6. The van der Waals surface area contributed by atoms with Crippen molar-refractivity contribution >= 4 is 0 Å². The molecular formula is C24H48N4O18. The molecule has 0 radical (unpaired) electrons. The second-order valence-corrected chi connectivity index (χ2v) is 11.4. The molecule has 0 bridgehead atoms. The summed E-state index contributed by atoms with van der Waals surface area (Å²) < 4.78 is 32.1. The van der Waals surface area contributed by atoms with Gasteiger partial charge in [-0.15, -0.1) is 0 Å². The fourth-order valence-electron chi connectivity index (χ4n) is 5.30. The Kier molecular flexibility index (Phi) is 14.8. The first-order valence-electron chi connectivity index (χ1n) is 14.5. The van der Waals surface area contributed by atoms with Gasteiger partial charge in [0.25, 0.3) is 0 Å². The third kappa shape index (κ3) is 8.45. The fourth-order valence-corrected chi connectivity index (χ4v) is 5.30.